The Labute approximate surface area is 108 Å². The molecule has 0 amide bonds. The van der Waals surface area contributed by atoms with E-state index >= 15 is 0 Å². The van der Waals surface area contributed by atoms with Gasteiger partial charge in [-0.05, 0) is 25.1 Å². The second-order valence-electron chi connectivity index (χ2n) is 3.78. The number of anilines is 1. The van der Waals surface area contributed by atoms with Crippen LogP contribution in [-0.4, -0.2) is 16.2 Å². The Bertz CT molecular complexity index is 580. The van der Waals surface area contributed by atoms with Gasteiger partial charge in [0.1, 0.15) is 0 Å². The number of carboxylic acids is 1. The van der Waals surface area contributed by atoms with Crippen molar-refractivity contribution in [1.29, 1.82) is 0 Å². The van der Waals surface area contributed by atoms with E-state index in [1.807, 2.05) is 6.92 Å². The largest absolute Gasteiger partial charge is 0.478 e. The number of nitrogens with zero attached hydrogens (tertiary/aromatic N) is 1. The van der Waals surface area contributed by atoms with Crippen LogP contribution in [-0.2, 0) is 6.54 Å². The quantitative estimate of drug-likeness (QED) is 0.890. The highest BCUT2D eigenvalue weighted by molar-refractivity contribution is 6.31. The average molecular weight is 267 g/mol. The summed E-state index contributed by atoms with van der Waals surface area (Å²) in [7, 11) is 0. The van der Waals surface area contributed by atoms with E-state index in [-0.39, 0.29) is 5.56 Å². The molecule has 0 aliphatic heterocycles. The van der Waals surface area contributed by atoms with Crippen LogP contribution in [0.1, 0.15) is 21.8 Å². The molecular formula is C12H11ClN2O3. The lowest BCUT2D eigenvalue weighted by Crippen LogP contribution is -2.05. The van der Waals surface area contributed by atoms with E-state index in [1.54, 1.807) is 18.2 Å². The average Bonchev–Trinajstić information content (AvgIpc) is 2.73. The van der Waals surface area contributed by atoms with Crippen LogP contribution in [0.25, 0.3) is 0 Å². The van der Waals surface area contributed by atoms with Crippen molar-refractivity contribution < 1.29 is 14.4 Å². The molecule has 0 aliphatic carbocycles. The van der Waals surface area contributed by atoms with Gasteiger partial charge in [0.15, 0.2) is 5.76 Å². The molecule has 0 fully saturated rings. The Kier molecular flexibility index (Phi) is 3.53. The molecule has 2 aromatic rings. The molecule has 1 heterocycles. The van der Waals surface area contributed by atoms with Crippen molar-refractivity contribution in [2.75, 3.05) is 5.32 Å². The third kappa shape index (κ3) is 2.81. The minimum Gasteiger partial charge on any atom is -0.478 e. The molecule has 6 heteroatoms. The fraction of sp³-hybridized carbons (Fsp3) is 0.167. The lowest BCUT2D eigenvalue weighted by atomic mass is 10.2. The van der Waals surface area contributed by atoms with Gasteiger partial charge in [-0.2, -0.15) is 0 Å². The fourth-order valence-electron chi connectivity index (χ4n) is 1.53. The highest BCUT2D eigenvalue weighted by Crippen LogP contribution is 2.21. The highest BCUT2D eigenvalue weighted by atomic mass is 35.5. The van der Waals surface area contributed by atoms with E-state index in [0.29, 0.717) is 23.0 Å². The Hall–Kier alpha value is -2.01. The topological polar surface area (TPSA) is 75.4 Å². The second-order valence-corrected chi connectivity index (χ2v) is 4.22. The van der Waals surface area contributed by atoms with Gasteiger partial charge in [0, 0.05) is 16.8 Å². The van der Waals surface area contributed by atoms with Crippen LogP contribution in [0, 0.1) is 6.92 Å². The number of carboxylic acid groups (broad SMARTS) is 1. The number of hydrogen-bond donors (Lipinski definition) is 2. The molecule has 2 rings (SSSR count). The van der Waals surface area contributed by atoms with Crippen LogP contribution < -0.4 is 5.32 Å². The van der Waals surface area contributed by atoms with E-state index in [9.17, 15) is 4.79 Å². The number of aromatic carboxylic acids is 1. The summed E-state index contributed by atoms with van der Waals surface area (Å²) in [6, 6.07) is 6.43. The number of halogens is 1. The molecule has 0 bridgehead atoms. The minimum atomic E-state index is -1.03. The summed E-state index contributed by atoms with van der Waals surface area (Å²) >= 11 is 5.76. The van der Waals surface area contributed by atoms with Gasteiger partial charge in [0.2, 0.25) is 0 Å². The summed E-state index contributed by atoms with van der Waals surface area (Å²) in [6.07, 6.45) is 0. The van der Waals surface area contributed by atoms with Crippen LogP contribution in [0.3, 0.4) is 0 Å². The summed E-state index contributed by atoms with van der Waals surface area (Å²) in [5.41, 5.74) is 1.39. The summed E-state index contributed by atoms with van der Waals surface area (Å²) in [5.74, 6) is -0.396. The van der Waals surface area contributed by atoms with Crippen molar-refractivity contribution in [2.45, 2.75) is 13.5 Å². The number of aromatic nitrogens is 1. The lowest BCUT2D eigenvalue weighted by molar-refractivity contribution is 0.0698. The van der Waals surface area contributed by atoms with Crippen molar-refractivity contribution >= 4 is 23.3 Å². The molecular weight excluding hydrogens is 256 g/mol. The van der Waals surface area contributed by atoms with Crippen molar-refractivity contribution in [2.24, 2.45) is 0 Å². The fourth-order valence-corrected chi connectivity index (χ4v) is 1.70. The van der Waals surface area contributed by atoms with Gasteiger partial charge in [0.05, 0.1) is 17.8 Å². The molecule has 5 nitrogen and oxygen atoms in total. The molecule has 0 spiro atoms. The van der Waals surface area contributed by atoms with Crippen LogP contribution in [0.15, 0.2) is 28.8 Å². The molecule has 0 atom stereocenters. The predicted molar refractivity (Wildman–Crippen MR) is 67.0 cm³/mol. The van der Waals surface area contributed by atoms with E-state index < -0.39 is 5.97 Å². The number of carbonyl (C=O) groups is 1. The zero-order valence-corrected chi connectivity index (χ0v) is 10.4. The van der Waals surface area contributed by atoms with Crippen LogP contribution in [0.4, 0.5) is 5.69 Å². The Morgan fingerprint density at radius 2 is 2.28 bits per heavy atom. The summed E-state index contributed by atoms with van der Waals surface area (Å²) in [6.45, 7) is 2.18. The molecule has 1 aromatic heterocycles. The van der Waals surface area contributed by atoms with Gasteiger partial charge in [-0.15, -0.1) is 0 Å². The Morgan fingerprint density at radius 1 is 1.50 bits per heavy atom. The number of aryl methyl sites for hydroxylation is 1. The monoisotopic (exact) mass is 266 g/mol. The molecule has 0 aliphatic rings. The Balaban J connectivity index is 2.16. The SMILES string of the molecule is Cc1cc(CNc2ccc(Cl)cc2C(=O)O)on1. The van der Waals surface area contributed by atoms with E-state index in [1.165, 1.54) is 6.07 Å². The first-order valence-corrected chi connectivity index (χ1v) is 5.63. The van der Waals surface area contributed by atoms with Gasteiger partial charge in [-0.25, -0.2) is 4.79 Å². The maximum atomic E-state index is 11.1. The molecule has 0 unspecified atom stereocenters. The summed E-state index contributed by atoms with van der Waals surface area (Å²) in [4.78, 5) is 11.1. The number of rotatable bonds is 4. The molecule has 94 valence electrons. The molecule has 2 N–H and O–H groups in total. The first-order valence-electron chi connectivity index (χ1n) is 5.25. The van der Waals surface area contributed by atoms with E-state index in [2.05, 4.69) is 10.5 Å². The summed E-state index contributed by atoms with van der Waals surface area (Å²) < 4.78 is 5.02. The van der Waals surface area contributed by atoms with Crippen molar-refractivity contribution in [3.8, 4) is 0 Å². The molecule has 0 saturated carbocycles. The van der Waals surface area contributed by atoms with Crippen LogP contribution in [0.2, 0.25) is 5.02 Å². The molecule has 0 saturated heterocycles. The summed E-state index contributed by atoms with van der Waals surface area (Å²) in [5, 5.41) is 16.2. The zero-order chi connectivity index (χ0) is 13.1. The maximum absolute atomic E-state index is 11.1. The van der Waals surface area contributed by atoms with Crippen molar-refractivity contribution in [1.82, 2.24) is 5.16 Å². The Morgan fingerprint density at radius 3 is 2.89 bits per heavy atom. The first kappa shape index (κ1) is 12.4. The smallest absolute Gasteiger partial charge is 0.337 e. The predicted octanol–water partition coefficient (Wildman–Crippen LogP) is 2.95. The van der Waals surface area contributed by atoms with Crippen LogP contribution in [0.5, 0.6) is 0 Å². The third-order valence-electron chi connectivity index (χ3n) is 2.34. The molecule has 0 radical (unpaired) electrons. The van der Waals surface area contributed by atoms with Gasteiger partial charge in [-0.1, -0.05) is 16.8 Å². The highest BCUT2D eigenvalue weighted by Gasteiger charge is 2.11. The first-order chi connectivity index (χ1) is 8.56. The van der Waals surface area contributed by atoms with Crippen molar-refractivity contribution in [3.05, 3.63) is 46.3 Å². The second kappa shape index (κ2) is 5.10. The maximum Gasteiger partial charge on any atom is 0.337 e. The third-order valence-corrected chi connectivity index (χ3v) is 2.58. The number of benzene rings is 1. The molecule has 18 heavy (non-hydrogen) atoms. The lowest BCUT2D eigenvalue weighted by Gasteiger charge is -2.08. The standard InChI is InChI=1S/C12H11ClN2O3/c1-7-4-9(18-15-7)6-14-11-3-2-8(13)5-10(11)12(16)17/h2-5,14H,6H2,1H3,(H,16,17). The van der Waals surface area contributed by atoms with Gasteiger partial charge >= 0.3 is 5.97 Å². The van der Waals surface area contributed by atoms with Crippen molar-refractivity contribution in [3.63, 3.8) is 0 Å². The van der Waals surface area contributed by atoms with Gasteiger partial charge < -0.3 is 14.9 Å². The van der Waals surface area contributed by atoms with Gasteiger partial charge in [-0.3, -0.25) is 0 Å². The zero-order valence-electron chi connectivity index (χ0n) is 9.61. The number of hydrogen-bond acceptors (Lipinski definition) is 4. The number of nitrogens with one attached hydrogen (secondary N) is 1. The van der Waals surface area contributed by atoms with Gasteiger partial charge in [0.25, 0.3) is 0 Å². The van der Waals surface area contributed by atoms with E-state index in [0.717, 1.165) is 5.69 Å². The normalized spacial score (nSPS) is 10.3. The van der Waals surface area contributed by atoms with E-state index in [4.69, 9.17) is 21.2 Å². The molecule has 1 aromatic carbocycles. The minimum absolute atomic E-state index is 0.124. The van der Waals surface area contributed by atoms with Crippen LogP contribution >= 0.6 is 11.6 Å².